The summed E-state index contributed by atoms with van der Waals surface area (Å²) in [6.07, 6.45) is 2.60. The number of benzene rings is 1. The molecule has 264 valence electrons. The topological polar surface area (TPSA) is 206 Å². The molecule has 1 fully saturated rings. The Balaban J connectivity index is 1.93. The third kappa shape index (κ3) is 13.4. The minimum Gasteiger partial charge on any atom is -0.469 e. The van der Waals surface area contributed by atoms with Crippen molar-refractivity contribution in [2.45, 2.75) is 98.3 Å². The van der Waals surface area contributed by atoms with Gasteiger partial charge in [0.25, 0.3) is 0 Å². The number of nitrogens with one attached hydrogen (secondary N) is 4. The summed E-state index contributed by atoms with van der Waals surface area (Å²) >= 11 is 0. The van der Waals surface area contributed by atoms with Crippen LogP contribution in [0.1, 0.15) is 85.1 Å². The lowest BCUT2D eigenvalue weighted by Crippen LogP contribution is -2.54. The van der Waals surface area contributed by atoms with Gasteiger partial charge < -0.3 is 31.7 Å². The van der Waals surface area contributed by atoms with Gasteiger partial charge in [-0.2, -0.15) is 0 Å². The molecule has 7 amide bonds. The molecule has 48 heavy (non-hydrogen) atoms. The Morgan fingerprint density at radius 3 is 2.21 bits per heavy atom. The second-order valence-corrected chi connectivity index (χ2v) is 13.6. The maximum Gasteiger partial charge on any atom is 0.312 e. The van der Waals surface area contributed by atoms with Crippen LogP contribution in [0.3, 0.4) is 0 Å². The van der Waals surface area contributed by atoms with Crippen molar-refractivity contribution >= 4 is 55.0 Å². The molecule has 6 N–H and O–H groups in total. The number of hydrogen-bond donors (Lipinski definition) is 5. The summed E-state index contributed by atoms with van der Waals surface area (Å²) in [5.41, 5.74) is 6.04. The number of unbranched alkanes of at least 4 members (excludes halogenated alkanes) is 2. The van der Waals surface area contributed by atoms with E-state index in [0.29, 0.717) is 37.9 Å². The molecule has 15 heteroatoms. The van der Waals surface area contributed by atoms with E-state index in [1.807, 2.05) is 20.8 Å². The van der Waals surface area contributed by atoms with Crippen LogP contribution in [0.4, 0.5) is 15.3 Å². The van der Waals surface area contributed by atoms with Crippen LogP contribution in [-0.4, -0.2) is 79.4 Å². The van der Waals surface area contributed by atoms with Crippen molar-refractivity contribution in [1.82, 2.24) is 20.9 Å². The third-order valence-electron chi connectivity index (χ3n) is 8.11. The summed E-state index contributed by atoms with van der Waals surface area (Å²) in [7, 11) is 1.31. The lowest BCUT2D eigenvalue weighted by atomic mass is 9.80. The van der Waals surface area contributed by atoms with Gasteiger partial charge in [-0.05, 0) is 54.7 Å². The second-order valence-electron chi connectivity index (χ2n) is 13.6. The Morgan fingerprint density at radius 1 is 0.979 bits per heavy atom. The van der Waals surface area contributed by atoms with Gasteiger partial charge in [-0.3, -0.25) is 33.7 Å². The zero-order valence-corrected chi connectivity index (χ0v) is 29.0. The number of carbonyl (C=O) groups excluding carboxylic acids is 7. The number of rotatable bonds is 18. The van der Waals surface area contributed by atoms with Gasteiger partial charge in [0.15, 0.2) is 0 Å². The van der Waals surface area contributed by atoms with E-state index < -0.39 is 35.8 Å². The van der Waals surface area contributed by atoms with E-state index in [0.717, 1.165) is 5.56 Å². The smallest absolute Gasteiger partial charge is 0.312 e. The van der Waals surface area contributed by atoms with Crippen LogP contribution < -0.4 is 27.0 Å². The number of anilines is 1. The Hall–Kier alpha value is -4.43. The standard InChI is InChI=1S/C33H51BN6O8/c1-20(2)27(39-25(41)11-7-6-8-17-40-26(42)18-23(30(40)45)33(3,4)5)29(44)38-24(10-9-16-36-32(35)47)28(43)37-22-14-12-21(13-15-22)19-48-31(34)46/h12-15,20,23-24,27H,6-11,16-19,34H2,1-5H3,(H,37,43)(H,38,44)(H,39,41)(H3,35,36,47)/t23?,24-,27?/m0/s1. The number of nitrogens with zero attached hydrogens (tertiary/aromatic N) is 1. The highest BCUT2D eigenvalue weighted by atomic mass is 16.5. The Bertz CT molecular complexity index is 1310. The average molecular weight is 671 g/mol. The zero-order chi connectivity index (χ0) is 36.0. The van der Waals surface area contributed by atoms with Crippen molar-refractivity contribution in [3.63, 3.8) is 0 Å². The molecular formula is C33H51BN6O8. The largest absolute Gasteiger partial charge is 0.469 e. The first kappa shape index (κ1) is 39.8. The molecule has 1 saturated heterocycles. The molecule has 0 radical (unpaired) electrons. The zero-order valence-electron chi connectivity index (χ0n) is 29.0. The molecule has 2 unspecified atom stereocenters. The predicted octanol–water partition coefficient (Wildman–Crippen LogP) is 1.95. The van der Waals surface area contributed by atoms with Crippen molar-refractivity contribution in [1.29, 1.82) is 0 Å². The lowest BCUT2D eigenvalue weighted by Gasteiger charge is -2.25. The van der Waals surface area contributed by atoms with E-state index in [-0.39, 0.29) is 67.4 Å². The number of imide groups is 1. The number of primary amides is 1. The van der Waals surface area contributed by atoms with Gasteiger partial charge in [-0.1, -0.05) is 53.2 Å². The van der Waals surface area contributed by atoms with E-state index in [2.05, 4.69) is 21.3 Å². The normalized spacial score (nSPS) is 15.9. The van der Waals surface area contributed by atoms with Crippen LogP contribution in [0, 0.1) is 17.3 Å². The Morgan fingerprint density at radius 2 is 1.65 bits per heavy atom. The minimum atomic E-state index is -0.986. The van der Waals surface area contributed by atoms with Crippen LogP contribution in [0.5, 0.6) is 0 Å². The fourth-order valence-corrected chi connectivity index (χ4v) is 5.25. The molecule has 0 saturated carbocycles. The first-order chi connectivity index (χ1) is 22.5. The number of hydrogen-bond acceptors (Lipinski definition) is 8. The van der Waals surface area contributed by atoms with Gasteiger partial charge in [-0.25, -0.2) is 4.79 Å². The van der Waals surface area contributed by atoms with E-state index in [1.54, 1.807) is 38.1 Å². The van der Waals surface area contributed by atoms with E-state index in [1.165, 1.54) is 12.7 Å². The van der Waals surface area contributed by atoms with Gasteiger partial charge in [0.1, 0.15) is 18.7 Å². The highest BCUT2D eigenvalue weighted by Crippen LogP contribution is 2.35. The summed E-state index contributed by atoms with van der Waals surface area (Å²) in [5.74, 6) is -2.67. The molecule has 0 aliphatic carbocycles. The molecule has 0 aromatic heterocycles. The monoisotopic (exact) mass is 670 g/mol. The SMILES string of the molecule is BC(=O)OCc1ccc(NC(=O)[C@H](CCCNC(N)=O)NC(=O)C(NC(=O)CCCCCN2C(=O)CC(C(C)(C)C)C2=O)C(C)C)cc1. The molecule has 1 aromatic carbocycles. The van der Waals surface area contributed by atoms with Crippen molar-refractivity contribution in [3.8, 4) is 0 Å². The van der Waals surface area contributed by atoms with Crippen molar-refractivity contribution in [2.24, 2.45) is 23.0 Å². The predicted molar refractivity (Wildman–Crippen MR) is 182 cm³/mol. The summed E-state index contributed by atoms with van der Waals surface area (Å²) in [5, 5.41) is 10.8. The molecule has 0 spiro atoms. The average Bonchev–Trinajstić information content (AvgIpc) is 3.29. The van der Waals surface area contributed by atoms with E-state index in [4.69, 9.17) is 10.5 Å². The van der Waals surface area contributed by atoms with Crippen molar-refractivity contribution in [3.05, 3.63) is 29.8 Å². The molecule has 3 atom stereocenters. The number of urea groups is 1. The van der Waals surface area contributed by atoms with Gasteiger partial charge in [0.05, 0.1) is 5.92 Å². The highest BCUT2D eigenvalue weighted by Gasteiger charge is 2.44. The van der Waals surface area contributed by atoms with Crippen molar-refractivity contribution < 1.29 is 38.3 Å². The molecule has 1 aromatic rings. The molecule has 1 aliphatic heterocycles. The van der Waals surface area contributed by atoms with Crippen LogP contribution in [0.2, 0.25) is 0 Å². The molecule has 0 bridgehead atoms. The van der Waals surface area contributed by atoms with Crippen LogP contribution in [-0.2, 0) is 35.3 Å². The Labute approximate surface area is 283 Å². The maximum atomic E-state index is 13.4. The van der Waals surface area contributed by atoms with Gasteiger partial charge >= 0.3 is 6.03 Å². The molecular weight excluding hydrogens is 619 g/mol. The third-order valence-corrected chi connectivity index (χ3v) is 8.11. The molecule has 1 heterocycles. The van der Waals surface area contributed by atoms with Crippen LogP contribution >= 0.6 is 0 Å². The van der Waals surface area contributed by atoms with Gasteiger partial charge in [-0.15, -0.1) is 0 Å². The summed E-state index contributed by atoms with van der Waals surface area (Å²) in [6.45, 7) is 10.0. The molecule has 1 aliphatic rings. The van der Waals surface area contributed by atoms with Gasteiger partial charge in [0.2, 0.25) is 43.3 Å². The minimum absolute atomic E-state index is 0.0933. The molecule has 2 rings (SSSR count). The van der Waals surface area contributed by atoms with Crippen molar-refractivity contribution in [2.75, 3.05) is 18.4 Å². The summed E-state index contributed by atoms with van der Waals surface area (Å²) in [6, 6.07) is 4.08. The molecule has 14 nitrogen and oxygen atoms in total. The Kier molecular flexibility index (Phi) is 15.6. The van der Waals surface area contributed by atoms with Gasteiger partial charge in [0, 0.05) is 31.6 Å². The summed E-state index contributed by atoms with van der Waals surface area (Å²) in [4.78, 5) is 88.0. The number of likely N-dealkylation sites (tertiary alicyclic amines) is 1. The fraction of sp³-hybridized carbons (Fsp3) is 0.606. The second kappa shape index (κ2) is 18.8. The van der Waals surface area contributed by atoms with Crippen LogP contribution in [0.15, 0.2) is 24.3 Å². The maximum absolute atomic E-state index is 13.4. The number of carbonyl (C=O) groups is 7. The van der Waals surface area contributed by atoms with E-state index in [9.17, 15) is 33.6 Å². The number of amides is 7. The summed E-state index contributed by atoms with van der Waals surface area (Å²) < 4.78 is 4.98. The lowest BCUT2D eigenvalue weighted by molar-refractivity contribution is -0.140. The number of ether oxygens (including phenoxy) is 1. The highest BCUT2D eigenvalue weighted by molar-refractivity contribution is 6.55. The first-order valence-corrected chi connectivity index (χ1v) is 16.5. The van der Waals surface area contributed by atoms with Crippen LogP contribution in [0.25, 0.3) is 0 Å². The number of nitrogens with two attached hydrogens (primary N) is 1. The fourth-order valence-electron chi connectivity index (χ4n) is 5.25. The van der Waals surface area contributed by atoms with E-state index >= 15 is 0 Å². The first-order valence-electron chi connectivity index (χ1n) is 16.5. The quantitative estimate of drug-likeness (QED) is 0.0885.